The average Bonchev–Trinajstić information content (AvgIpc) is 3.29. The number of nitrogens with one attached hydrogen (secondary N) is 2. The van der Waals surface area contributed by atoms with Gasteiger partial charge >= 0.3 is 12.2 Å². The van der Waals surface area contributed by atoms with E-state index >= 15 is 0 Å². The Morgan fingerprint density at radius 3 is 1.49 bits per heavy atom. The molecule has 0 aromatic rings. The molecule has 17 heteroatoms. The number of quaternary nitrogens is 1. The van der Waals surface area contributed by atoms with Crippen LogP contribution in [0.1, 0.15) is 44.9 Å². The lowest BCUT2D eigenvalue weighted by Gasteiger charge is -2.35. The number of amides is 6. The van der Waals surface area contributed by atoms with Gasteiger partial charge in [0, 0.05) is 63.8 Å². The van der Waals surface area contributed by atoms with E-state index in [0.29, 0.717) is 47.1 Å². The third kappa shape index (κ3) is 10.3. The molecule has 0 bridgehead atoms. The van der Waals surface area contributed by atoms with E-state index in [1.807, 2.05) is 7.05 Å². The summed E-state index contributed by atoms with van der Waals surface area (Å²) in [5.41, 5.74) is 0. The minimum Gasteiger partial charge on any atom is -0.748 e. The number of carbonyl (C=O) groups is 6. The molecule has 6 amide bonds. The molecule has 2 aliphatic rings. The Bertz CT molecular complexity index is 926. The summed E-state index contributed by atoms with van der Waals surface area (Å²) < 4.78 is 33.2. The van der Waals surface area contributed by atoms with Crippen molar-refractivity contribution in [1.29, 1.82) is 0 Å². The summed E-state index contributed by atoms with van der Waals surface area (Å²) in [4.78, 5) is 79.1. The predicted molar refractivity (Wildman–Crippen MR) is 120 cm³/mol. The van der Waals surface area contributed by atoms with Gasteiger partial charge in [-0.3, -0.25) is 19.2 Å². The van der Waals surface area contributed by atoms with Gasteiger partial charge in [-0.25, -0.2) is 18.0 Å². The third-order valence-corrected chi connectivity index (χ3v) is 6.53. The lowest BCUT2D eigenvalue weighted by atomic mass is 10.2. The van der Waals surface area contributed by atoms with Crippen LogP contribution < -0.4 is 10.6 Å². The molecule has 0 aromatic heterocycles. The van der Waals surface area contributed by atoms with Crippen molar-refractivity contribution >= 4 is 45.9 Å². The van der Waals surface area contributed by atoms with Crippen LogP contribution in [0.4, 0.5) is 9.59 Å². The Hall–Kier alpha value is -3.31. The number of hydroxylamine groups is 4. The Morgan fingerprint density at radius 1 is 0.784 bits per heavy atom. The summed E-state index contributed by atoms with van der Waals surface area (Å²) in [7, 11) is -2.57. The van der Waals surface area contributed by atoms with E-state index in [-0.39, 0.29) is 45.2 Å². The minimum atomic E-state index is -4.39. The largest absolute Gasteiger partial charge is 0.748 e. The second-order valence-corrected chi connectivity index (χ2v) is 10.4. The molecule has 0 aromatic carbocycles. The summed E-state index contributed by atoms with van der Waals surface area (Å²) in [6.45, 7) is 1.48. The first-order valence-corrected chi connectivity index (χ1v) is 13.3. The second-order valence-electron chi connectivity index (χ2n) is 8.89. The highest BCUT2D eigenvalue weighted by atomic mass is 32.2. The Labute approximate surface area is 213 Å². The van der Waals surface area contributed by atoms with Crippen molar-refractivity contribution in [2.75, 3.05) is 45.5 Å². The normalized spacial score (nSPS) is 16.4. The molecular weight excluding hydrogens is 518 g/mol. The maximum absolute atomic E-state index is 11.9. The van der Waals surface area contributed by atoms with Crippen molar-refractivity contribution in [2.24, 2.45) is 0 Å². The fraction of sp³-hybridized carbons (Fsp3) is 0.700. The van der Waals surface area contributed by atoms with Crippen LogP contribution in [0.5, 0.6) is 0 Å². The zero-order valence-electron chi connectivity index (χ0n) is 20.4. The molecular formula is C20H31N5O11S. The molecule has 0 atom stereocenters. The van der Waals surface area contributed by atoms with Crippen LogP contribution in [-0.4, -0.2) is 109 Å². The van der Waals surface area contributed by atoms with E-state index in [4.69, 9.17) is 9.68 Å². The molecule has 208 valence electrons. The van der Waals surface area contributed by atoms with E-state index in [0.717, 1.165) is 0 Å². The summed E-state index contributed by atoms with van der Waals surface area (Å²) in [5.74, 6) is -2.95. The average molecular weight is 550 g/mol. The maximum atomic E-state index is 11.9. The Kier molecular flexibility index (Phi) is 10.8. The van der Waals surface area contributed by atoms with Gasteiger partial charge in [-0.15, -0.1) is 10.1 Å². The smallest absolute Gasteiger partial charge is 0.432 e. The van der Waals surface area contributed by atoms with Crippen LogP contribution in [0, 0.1) is 0 Å². The van der Waals surface area contributed by atoms with Gasteiger partial charge in [0.05, 0.1) is 36.8 Å². The van der Waals surface area contributed by atoms with Crippen LogP contribution >= 0.6 is 0 Å². The number of nitrogens with zero attached hydrogens (tertiary/aromatic N) is 3. The fourth-order valence-electron chi connectivity index (χ4n) is 3.81. The predicted octanol–water partition coefficient (Wildman–Crippen LogP) is -1.27. The standard InChI is InChI=1S/C20H31N5O11S/c1-25(13-4-14-37(32,33)34,11-2-9-21-19(30)35-23-15(26)5-6-16(23)27)12-3-10-22-20(31)36-24-17(28)7-8-18(24)29/h2-14H2,1H3,(H2-,21,22,30,31,32,33,34). The van der Waals surface area contributed by atoms with Gasteiger partial charge in [-0.1, -0.05) is 0 Å². The number of rotatable bonds is 14. The molecule has 2 aliphatic heterocycles. The summed E-state index contributed by atoms with van der Waals surface area (Å²) in [6.07, 6.45) is -1.11. The monoisotopic (exact) mass is 549 g/mol. The number of imide groups is 2. The fourth-order valence-corrected chi connectivity index (χ4v) is 4.29. The molecule has 0 aliphatic carbocycles. The molecule has 37 heavy (non-hydrogen) atoms. The van der Waals surface area contributed by atoms with Crippen LogP contribution in [0.25, 0.3) is 0 Å². The zero-order chi connectivity index (χ0) is 27.6. The lowest BCUT2D eigenvalue weighted by molar-refractivity contribution is -0.909. The maximum Gasteiger partial charge on any atom is 0.432 e. The highest BCUT2D eigenvalue weighted by molar-refractivity contribution is 7.85. The van der Waals surface area contributed by atoms with Crippen molar-refractivity contribution in [3.8, 4) is 0 Å². The van der Waals surface area contributed by atoms with Gasteiger partial charge in [-0.2, -0.15) is 0 Å². The van der Waals surface area contributed by atoms with Gasteiger partial charge in [0.2, 0.25) is 0 Å². The van der Waals surface area contributed by atoms with Gasteiger partial charge < -0.3 is 29.3 Å². The molecule has 0 saturated carbocycles. The third-order valence-electron chi connectivity index (χ3n) is 5.74. The molecule has 2 fully saturated rings. The topological polar surface area (TPSA) is 209 Å². The Balaban J connectivity index is 1.77. The summed E-state index contributed by atoms with van der Waals surface area (Å²) >= 11 is 0. The molecule has 2 heterocycles. The van der Waals surface area contributed by atoms with Crippen molar-refractivity contribution < 1.29 is 55.9 Å². The molecule has 2 N–H and O–H groups in total. The SMILES string of the molecule is C[N+](CCCNC(=O)ON1C(=O)CCC1=O)(CCCNC(=O)ON1C(=O)CCC1=O)CCCS(=O)(=O)[O-]. The molecule has 0 spiro atoms. The number of carbonyl (C=O) groups excluding carboxylic acids is 6. The summed E-state index contributed by atoms with van der Waals surface area (Å²) in [5, 5.41) is 5.71. The summed E-state index contributed by atoms with van der Waals surface area (Å²) in [6, 6.07) is 0. The van der Waals surface area contributed by atoms with Crippen LogP contribution in [-0.2, 0) is 39.0 Å². The van der Waals surface area contributed by atoms with Crippen LogP contribution in [0.2, 0.25) is 0 Å². The first-order valence-electron chi connectivity index (χ1n) is 11.7. The van der Waals surface area contributed by atoms with Gasteiger partial charge in [-0.05, 0) is 0 Å². The molecule has 0 unspecified atom stereocenters. The van der Waals surface area contributed by atoms with Gasteiger partial charge in [0.1, 0.15) is 0 Å². The second kappa shape index (κ2) is 13.3. The van der Waals surface area contributed by atoms with E-state index in [1.54, 1.807) is 0 Å². The van der Waals surface area contributed by atoms with Crippen molar-refractivity contribution in [2.45, 2.75) is 44.9 Å². The van der Waals surface area contributed by atoms with Gasteiger partial charge in [0.25, 0.3) is 23.6 Å². The van der Waals surface area contributed by atoms with Crippen molar-refractivity contribution in [1.82, 2.24) is 20.8 Å². The van der Waals surface area contributed by atoms with Crippen molar-refractivity contribution in [3.05, 3.63) is 0 Å². The molecule has 16 nitrogen and oxygen atoms in total. The van der Waals surface area contributed by atoms with Crippen LogP contribution in [0.3, 0.4) is 0 Å². The Morgan fingerprint density at radius 2 is 1.14 bits per heavy atom. The number of hydrogen-bond acceptors (Lipinski definition) is 11. The van der Waals surface area contributed by atoms with Gasteiger partial charge in [0.15, 0.2) is 0 Å². The zero-order valence-corrected chi connectivity index (χ0v) is 21.2. The first-order chi connectivity index (χ1) is 17.3. The molecule has 0 radical (unpaired) electrons. The quantitative estimate of drug-likeness (QED) is 0.113. The highest BCUT2D eigenvalue weighted by Crippen LogP contribution is 2.13. The van der Waals surface area contributed by atoms with E-state index < -0.39 is 51.7 Å². The lowest BCUT2D eigenvalue weighted by Crippen LogP contribution is -2.48. The van der Waals surface area contributed by atoms with Crippen LogP contribution in [0.15, 0.2) is 0 Å². The molecule has 2 rings (SSSR count). The van der Waals surface area contributed by atoms with E-state index in [1.165, 1.54) is 0 Å². The first kappa shape index (κ1) is 29.9. The molecule has 2 saturated heterocycles. The van der Waals surface area contributed by atoms with E-state index in [9.17, 15) is 41.7 Å². The van der Waals surface area contributed by atoms with E-state index in [2.05, 4.69) is 10.6 Å². The number of hydrogen-bond donors (Lipinski definition) is 2. The van der Waals surface area contributed by atoms with Crippen molar-refractivity contribution in [3.63, 3.8) is 0 Å². The minimum absolute atomic E-state index is 0.0257. The highest BCUT2D eigenvalue weighted by Gasteiger charge is 2.34.